The summed E-state index contributed by atoms with van der Waals surface area (Å²) in [5, 5.41) is 3.73. The number of hydrogen-bond donors (Lipinski definition) is 0. The summed E-state index contributed by atoms with van der Waals surface area (Å²) in [6, 6.07) is 6.92. The van der Waals surface area contributed by atoms with Gasteiger partial charge in [-0.25, -0.2) is 13.9 Å². The lowest BCUT2D eigenvalue weighted by molar-refractivity contribution is 0.0719. The first-order valence-corrected chi connectivity index (χ1v) is 5.50. The van der Waals surface area contributed by atoms with E-state index in [9.17, 15) is 14.0 Å². The lowest BCUT2D eigenvalue weighted by atomic mass is 10.2. The first-order chi connectivity index (χ1) is 8.99. The van der Waals surface area contributed by atoms with Crippen LogP contribution in [0.25, 0.3) is 0 Å². The highest BCUT2D eigenvalue weighted by Gasteiger charge is 2.14. The van der Waals surface area contributed by atoms with Crippen molar-refractivity contribution in [2.24, 2.45) is 7.05 Å². The average molecular weight is 262 g/mol. The minimum atomic E-state index is -0.819. The van der Waals surface area contributed by atoms with Crippen molar-refractivity contribution in [3.63, 3.8) is 0 Å². The minimum absolute atomic E-state index is 0.0667. The summed E-state index contributed by atoms with van der Waals surface area (Å²) >= 11 is 0. The van der Waals surface area contributed by atoms with Crippen LogP contribution in [0.3, 0.4) is 0 Å². The van der Waals surface area contributed by atoms with Gasteiger partial charge in [0.25, 0.3) is 5.56 Å². The lowest BCUT2D eigenvalue weighted by Crippen LogP contribution is -2.22. The van der Waals surface area contributed by atoms with E-state index in [0.717, 1.165) is 4.68 Å². The van der Waals surface area contributed by atoms with Crippen molar-refractivity contribution in [1.82, 2.24) is 9.78 Å². The zero-order valence-electron chi connectivity index (χ0n) is 10.4. The van der Waals surface area contributed by atoms with Crippen LogP contribution in [-0.4, -0.2) is 15.7 Å². The van der Waals surface area contributed by atoms with Gasteiger partial charge >= 0.3 is 5.97 Å². The number of aryl methyl sites for hydroxylation is 2. The molecular weight excluding hydrogens is 251 g/mol. The van der Waals surface area contributed by atoms with Crippen LogP contribution in [-0.2, 0) is 7.05 Å². The van der Waals surface area contributed by atoms with Crippen LogP contribution in [0.1, 0.15) is 16.1 Å². The number of esters is 1. The summed E-state index contributed by atoms with van der Waals surface area (Å²) in [7, 11) is 1.41. The highest BCUT2D eigenvalue weighted by Crippen LogP contribution is 2.20. The van der Waals surface area contributed by atoms with Crippen molar-refractivity contribution >= 4 is 5.97 Å². The standard InChI is InChI=1S/C13H11FN2O3/c1-8-4-3-5-10(12(8)14)19-13(18)9-6-7-11(17)16(2)15-9/h3-7H,1-2H3. The Bertz CT molecular complexity index is 695. The molecule has 0 spiro atoms. The Labute approximate surface area is 108 Å². The highest BCUT2D eigenvalue weighted by atomic mass is 19.1. The Morgan fingerprint density at radius 1 is 1.32 bits per heavy atom. The normalized spacial score (nSPS) is 10.3. The molecule has 0 unspecified atom stereocenters. The quantitative estimate of drug-likeness (QED) is 0.607. The van der Waals surface area contributed by atoms with E-state index in [4.69, 9.17) is 4.74 Å². The van der Waals surface area contributed by atoms with Crippen molar-refractivity contribution < 1.29 is 13.9 Å². The van der Waals surface area contributed by atoms with Crippen LogP contribution < -0.4 is 10.3 Å². The molecule has 0 aliphatic rings. The molecule has 19 heavy (non-hydrogen) atoms. The molecular formula is C13H11FN2O3. The molecule has 2 aromatic rings. The summed E-state index contributed by atoms with van der Waals surface area (Å²) in [6.45, 7) is 1.57. The molecule has 0 bridgehead atoms. The number of nitrogens with zero attached hydrogens (tertiary/aromatic N) is 2. The molecule has 2 rings (SSSR count). The molecule has 0 fully saturated rings. The molecule has 0 aliphatic heterocycles. The van der Waals surface area contributed by atoms with Gasteiger partial charge in [0, 0.05) is 13.1 Å². The number of ether oxygens (including phenoxy) is 1. The maximum Gasteiger partial charge on any atom is 0.364 e. The van der Waals surface area contributed by atoms with E-state index in [1.807, 2.05) is 0 Å². The fourth-order valence-corrected chi connectivity index (χ4v) is 1.46. The third-order valence-corrected chi connectivity index (χ3v) is 2.53. The number of rotatable bonds is 2. The molecule has 1 aromatic heterocycles. The van der Waals surface area contributed by atoms with E-state index < -0.39 is 11.8 Å². The predicted octanol–water partition coefficient (Wildman–Crippen LogP) is 1.45. The zero-order valence-corrected chi connectivity index (χ0v) is 10.4. The number of carbonyl (C=O) groups excluding carboxylic acids is 1. The number of hydrogen-bond acceptors (Lipinski definition) is 4. The molecule has 0 amide bonds. The van der Waals surface area contributed by atoms with Crippen molar-refractivity contribution in [3.8, 4) is 5.75 Å². The number of halogens is 1. The third kappa shape index (κ3) is 2.67. The summed E-state index contributed by atoms with van der Waals surface area (Å²) in [4.78, 5) is 22.9. The van der Waals surface area contributed by atoms with Gasteiger partial charge < -0.3 is 4.74 Å². The van der Waals surface area contributed by atoms with Crippen LogP contribution in [0.5, 0.6) is 5.75 Å². The van der Waals surface area contributed by atoms with Crippen molar-refractivity contribution in [1.29, 1.82) is 0 Å². The second-order valence-corrected chi connectivity index (χ2v) is 3.96. The van der Waals surface area contributed by atoms with Crippen LogP contribution in [0.2, 0.25) is 0 Å². The van der Waals surface area contributed by atoms with E-state index in [0.29, 0.717) is 5.56 Å². The van der Waals surface area contributed by atoms with E-state index in [1.54, 1.807) is 19.1 Å². The molecule has 6 heteroatoms. The second-order valence-electron chi connectivity index (χ2n) is 3.96. The average Bonchev–Trinajstić information content (AvgIpc) is 2.38. The molecule has 1 heterocycles. The maximum atomic E-state index is 13.7. The Balaban J connectivity index is 2.28. The molecule has 98 valence electrons. The monoisotopic (exact) mass is 262 g/mol. The summed E-state index contributed by atoms with van der Waals surface area (Å²) in [6.07, 6.45) is 0. The molecule has 0 saturated heterocycles. The van der Waals surface area contributed by atoms with E-state index in [2.05, 4.69) is 5.10 Å². The lowest BCUT2D eigenvalue weighted by Gasteiger charge is -2.06. The van der Waals surface area contributed by atoms with Crippen LogP contribution >= 0.6 is 0 Å². The minimum Gasteiger partial charge on any atom is -0.419 e. The Morgan fingerprint density at radius 3 is 2.74 bits per heavy atom. The SMILES string of the molecule is Cc1cccc(OC(=O)c2ccc(=O)n(C)n2)c1F. The van der Waals surface area contributed by atoms with E-state index in [-0.39, 0.29) is 17.0 Å². The van der Waals surface area contributed by atoms with Gasteiger partial charge in [0.1, 0.15) is 0 Å². The summed E-state index contributed by atoms with van der Waals surface area (Å²) < 4.78 is 19.6. The third-order valence-electron chi connectivity index (χ3n) is 2.53. The van der Waals surface area contributed by atoms with Gasteiger partial charge in [-0.05, 0) is 24.6 Å². The fraction of sp³-hybridized carbons (Fsp3) is 0.154. The number of aromatic nitrogens is 2. The summed E-state index contributed by atoms with van der Waals surface area (Å²) in [5.74, 6) is -1.58. The van der Waals surface area contributed by atoms with Gasteiger partial charge in [-0.15, -0.1) is 0 Å². The van der Waals surface area contributed by atoms with Crippen LogP contribution in [0, 0.1) is 12.7 Å². The largest absolute Gasteiger partial charge is 0.419 e. The van der Waals surface area contributed by atoms with Crippen molar-refractivity contribution in [3.05, 3.63) is 57.8 Å². The first kappa shape index (κ1) is 12.9. The van der Waals surface area contributed by atoms with Crippen molar-refractivity contribution in [2.45, 2.75) is 6.92 Å². The Hall–Kier alpha value is -2.50. The molecule has 0 radical (unpaired) electrons. The highest BCUT2D eigenvalue weighted by molar-refractivity contribution is 5.88. The van der Waals surface area contributed by atoms with Gasteiger partial charge in [0.15, 0.2) is 17.3 Å². The van der Waals surface area contributed by atoms with Gasteiger partial charge in [-0.3, -0.25) is 4.79 Å². The van der Waals surface area contributed by atoms with E-state index in [1.165, 1.54) is 25.2 Å². The van der Waals surface area contributed by atoms with Gasteiger partial charge in [-0.2, -0.15) is 5.10 Å². The topological polar surface area (TPSA) is 61.2 Å². The maximum absolute atomic E-state index is 13.7. The molecule has 0 atom stereocenters. The Morgan fingerprint density at radius 2 is 2.05 bits per heavy atom. The first-order valence-electron chi connectivity index (χ1n) is 5.50. The van der Waals surface area contributed by atoms with Gasteiger partial charge in [0.05, 0.1) is 0 Å². The molecule has 1 aromatic carbocycles. The predicted molar refractivity (Wildman–Crippen MR) is 65.6 cm³/mol. The summed E-state index contributed by atoms with van der Waals surface area (Å²) in [5.41, 5.74) is -0.0417. The smallest absolute Gasteiger partial charge is 0.364 e. The van der Waals surface area contributed by atoms with Crippen LogP contribution in [0.15, 0.2) is 35.1 Å². The second kappa shape index (κ2) is 5.01. The van der Waals surface area contributed by atoms with Crippen molar-refractivity contribution in [2.75, 3.05) is 0 Å². The zero-order chi connectivity index (χ0) is 14.0. The molecule has 0 aliphatic carbocycles. The number of benzene rings is 1. The van der Waals surface area contributed by atoms with Crippen LogP contribution in [0.4, 0.5) is 4.39 Å². The Kier molecular flexibility index (Phi) is 3.41. The van der Waals surface area contributed by atoms with Gasteiger partial charge in [0.2, 0.25) is 0 Å². The van der Waals surface area contributed by atoms with Gasteiger partial charge in [-0.1, -0.05) is 12.1 Å². The molecule has 5 nitrogen and oxygen atoms in total. The number of carbonyl (C=O) groups is 1. The molecule has 0 saturated carbocycles. The fourth-order valence-electron chi connectivity index (χ4n) is 1.46. The van der Waals surface area contributed by atoms with E-state index >= 15 is 0 Å². The molecule has 0 N–H and O–H groups in total.